The number of benzene rings is 4. The summed E-state index contributed by atoms with van der Waals surface area (Å²) in [6.07, 6.45) is 0.410. The average Bonchev–Trinajstić information content (AvgIpc) is 3.43. The molecule has 4 aromatic carbocycles. The van der Waals surface area contributed by atoms with E-state index in [1.54, 1.807) is 45.0 Å². The number of rotatable bonds is 14. The van der Waals surface area contributed by atoms with Crippen LogP contribution in [0.1, 0.15) is 68.2 Å². The van der Waals surface area contributed by atoms with Crippen molar-refractivity contribution >= 4 is 29.7 Å². The molecule has 4 aromatic rings. The summed E-state index contributed by atoms with van der Waals surface area (Å²) >= 11 is 0. The Hall–Kier alpha value is -5.64. The second kappa shape index (κ2) is 17.3. The Morgan fingerprint density at radius 3 is 1.98 bits per heavy atom. The van der Waals surface area contributed by atoms with Crippen LogP contribution < -0.4 is 21.3 Å². The average molecular weight is 691 g/mol. The van der Waals surface area contributed by atoms with Gasteiger partial charge < -0.3 is 30.7 Å². The van der Waals surface area contributed by atoms with Gasteiger partial charge in [0, 0.05) is 24.7 Å². The van der Waals surface area contributed by atoms with Crippen LogP contribution in [0.25, 0.3) is 11.1 Å². The van der Waals surface area contributed by atoms with E-state index in [0.29, 0.717) is 38.0 Å². The van der Waals surface area contributed by atoms with Gasteiger partial charge >= 0.3 is 12.2 Å². The van der Waals surface area contributed by atoms with Gasteiger partial charge in [-0.05, 0) is 85.5 Å². The quantitative estimate of drug-likeness (QED) is 0.104. The van der Waals surface area contributed by atoms with Gasteiger partial charge in [0.25, 0.3) is 0 Å². The van der Waals surface area contributed by atoms with Gasteiger partial charge in [-0.25, -0.2) is 9.59 Å². The lowest BCUT2D eigenvalue weighted by atomic mass is 9.98. The van der Waals surface area contributed by atoms with E-state index >= 15 is 0 Å². The summed E-state index contributed by atoms with van der Waals surface area (Å²) in [5, 5.41) is 11.3. The van der Waals surface area contributed by atoms with Crippen LogP contribution in [0.15, 0.2) is 103 Å². The Morgan fingerprint density at radius 1 is 0.706 bits per heavy atom. The zero-order valence-electron chi connectivity index (χ0n) is 29.4. The zero-order chi connectivity index (χ0) is 36.2. The minimum Gasteiger partial charge on any atom is -0.449 e. The summed E-state index contributed by atoms with van der Waals surface area (Å²) in [7, 11) is 0. The first-order chi connectivity index (χ1) is 24.6. The third-order valence-corrected chi connectivity index (χ3v) is 8.46. The molecule has 266 valence electrons. The number of alkyl carbamates (subject to hydrolysis) is 2. The molecular weight excluding hydrogens is 644 g/mol. The van der Waals surface area contributed by atoms with Crippen molar-refractivity contribution in [2.75, 3.05) is 18.5 Å². The second-order valence-electron chi connectivity index (χ2n) is 13.6. The highest BCUT2D eigenvalue weighted by Gasteiger charge is 2.30. The topological polar surface area (TPSA) is 135 Å². The molecule has 10 nitrogen and oxygen atoms in total. The van der Waals surface area contributed by atoms with E-state index < -0.39 is 29.7 Å². The number of ether oxygens (including phenoxy) is 2. The number of nitrogens with one attached hydrogen (secondary N) is 4. The van der Waals surface area contributed by atoms with Crippen molar-refractivity contribution < 1.29 is 28.7 Å². The van der Waals surface area contributed by atoms with E-state index in [-0.39, 0.29) is 24.9 Å². The summed E-state index contributed by atoms with van der Waals surface area (Å²) in [5.41, 5.74) is 6.17. The number of hydrogen-bond donors (Lipinski definition) is 4. The molecule has 0 saturated carbocycles. The molecule has 10 heteroatoms. The molecule has 0 unspecified atom stereocenters. The number of fused-ring (bicyclic) bond motifs is 3. The molecule has 0 saturated heterocycles. The molecule has 0 spiro atoms. The summed E-state index contributed by atoms with van der Waals surface area (Å²) in [6, 6.07) is 32.0. The van der Waals surface area contributed by atoms with Gasteiger partial charge in [-0.2, -0.15) is 0 Å². The molecule has 0 heterocycles. The van der Waals surface area contributed by atoms with Gasteiger partial charge in [-0.3, -0.25) is 9.59 Å². The van der Waals surface area contributed by atoms with Crippen molar-refractivity contribution in [3.8, 4) is 11.1 Å². The summed E-state index contributed by atoms with van der Waals surface area (Å²) in [4.78, 5) is 51.2. The van der Waals surface area contributed by atoms with Gasteiger partial charge in [-0.15, -0.1) is 0 Å². The number of amides is 4. The Morgan fingerprint density at radius 2 is 1.33 bits per heavy atom. The van der Waals surface area contributed by atoms with Crippen LogP contribution in [0.2, 0.25) is 0 Å². The Balaban J connectivity index is 1.16. The third kappa shape index (κ3) is 10.9. The minimum atomic E-state index is -0.898. The van der Waals surface area contributed by atoms with E-state index in [1.165, 1.54) is 0 Å². The summed E-state index contributed by atoms with van der Waals surface area (Å²) < 4.78 is 11.0. The fraction of sp³-hybridized carbons (Fsp3) is 0.317. The highest BCUT2D eigenvalue weighted by Crippen LogP contribution is 2.44. The van der Waals surface area contributed by atoms with Crippen molar-refractivity contribution in [2.45, 2.75) is 70.6 Å². The van der Waals surface area contributed by atoms with Crippen molar-refractivity contribution in [1.29, 1.82) is 0 Å². The number of anilines is 1. The molecule has 1 atom stereocenters. The standard InChI is InChI=1S/C41H46N4O6/c1-41(2,3)51-39(48)42-24-12-11-19-36(45-40(49)50-27-35-33-17-9-7-15-31(33)32-16-8-10-18-34(32)35)38(47)44-30-22-20-28(21-23-30)25-37(46)43-26-29-13-5-4-6-14-29/h4-10,13-18,20-23,35-36H,11-12,19,24-27H2,1-3H3,(H,42,48)(H,43,46)(H,44,47)(H,45,49)/t36-/m0/s1. The maximum absolute atomic E-state index is 13.5. The summed E-state index contributed by atoms with van der Waals surface area (Å²) in [5.74, 6) is -0.630. The van der Waals surface area contributed by atoms with Crippen LogP contribution in [0.4, 0.5) is 15.3 Å². The van der Waals surface area contributed by atoms with Crippen molar-refractivity contribution in [3.05, 3.63) is 125 Å². The number of unbranched alkanes of at least 4 members (excludes halogenated alkanes) is 1. The molecule has 4 amide bonds. The number of hydrogen-bond acceptors (Lipinski definition) is 6. The predicted molar refractivity (Wildman–Crippen MR) is 197 cm³/mol. The SMILES string of the molecule is CC(C)(C)OC(=O)NCCCC[C@H](NC(=O)OCC1c2ccccc2-c2ccccc21)C(=O)Nc1ccc(CC(=O)NCc2ccccc2)cc1. The van der Waals surface area contributed by atoms with Gasteiger partial charge in [0.15, 0.2) is 0 Å². The third-order valence-electron chi connectivity index (χ3n) is 8.46. The Kier molecular flexibility index (Phi) is 12.5. The largest absolute Gasteiger partial charge is 0.449 e. The molecule has 1 aliphatic rings. The first-order valence-corrected chi connectivity index (χ1v) is 17.3. The molecule has 5 rings (SSSR count). The van der Waals surface area contributed by atoms with E-state index in [1.807, 2.05) is 66.7 Å². The summed E-state index contributed by atoms with van der Waals surface area (Å²) in [6.45, 7) is 6.30. The van der Waals surface area contributed by atoms with E-state index in [4.69, 9.17) is 9.47 Å². The van der Waals surface area contributed by atoms with Gasteiger partial charge in [0.05, 0.1) is 6.42 Å². The second-order valence-corrected chi connectivity index (χ2v) is 13.6. The molecule has 1 aliphatic carbocycles. The molecule has 0 aliphatic heterocycles. The maximum atomic E-state index is 13.5. The van der Waals surface area contributed by atoms with Gasteiger partial charge in [-0.1, -0.05) is 91.0 Å². The Labute approximate surface area is 299 Å². The van der Waals surface area contributed by atoms with Crippen LogP contribution in [0.3, 0.4) is 0 Å². The number of carbonyl (C=O) groups is 4. The van der Waals surface area contributed by atoms with E-state index in [0.717, 1.165) is 33.4 Å². The smallest absolute Gasteiger partial charge is 0.407 e. The predicted octanol–water partition coefficient (Wildman–Crippen LogP) is 7.09. The zero-order valence-corrected chi connectivity index (χ0v) is 29.4. The maximum Gasteiger partial charge on any atom is 0.407 e. The molecule has 4 N–H and O–H groups in total. The highest BCUT2D eigenvalue weighted by molar-refractivity contribution is 5.96. The fourth-order valence-corrected chi connectivity index (χ4v) is 6.01. The van der Waals surface area contributed by atoms with Crippen LogP contribution in [0.5, 0.6) is 0 Å². The monoisotopic (exact) mass is 690 g/mol. The lowest BCUT2D eigenvalue weighted by Gasteiger charge is -2.21. The molecule has 0 fully saturated rings. The molecule has 0 radical (unpaired) electrons. The fourth-order valence-electron chi connectivity index (χ4n) is 6.01. The van der Waals surface area contributed by atoms with Gasteiger partial charge in [0.1, 0.15) is 18.2 Å². The molecule has 0 bridgehead atoms. The lowest BCUT2D eigenvalue weighted by molar-refractivity contribution is -0.120. The van der Waals surface area contributed by atoms with E-state index in [2.05, 4.69) is 33.4 Å². The van der Waals surface area contributed by atoms with Crippen molar-refractivity contribution in [2.24, 2.45) is 0 Å². The van der Waals surface area contributed by atoms with Crippen LogP contribution in [-0.2, 0) is 32.0 Å². The molecule has 51 heavy (non-hydrogen) atoms. The number of carbonyl (C=O) groups excluding carboxylic acids is 4. The van der Waals surface area contributed by atoms with E-state index in [9.17, 15) is 19.2 Å². The van der Waals surface area contributed by atoms with Crippen molar-refractivity contribution in [3.63, 3.8) is 0 Å². The molecule has 0 aromatic heterocycles. The van der Waals surface area contributed by atoms with Crippen LogP contribution in [-0.4, -0.2) is 48.8 Å². The first-order valence-electron chi connectivity index (χ1n) is 17.3. The van der Waals surface area contributed by atoms with Crippen LogP contribution in [0, 0.1) is 0 Å². The van der Waals surface area contributed by atoms with Crippen LogP contribution >= 0.6 is 0 Å². The van der Waals surface area contributed by atoms with Crippen molar-refractivity contribution in [1.82, 2.24) is 16.0 Å². The highest BCUT2D eigenvalue weighted by atomic mass is 16.6. The van der Waals surface area contributed by atoms with Gasteiger partial charge in [0.2, 0.25) is 11.8 Å². The Bertz CT molecular complexity index is 1760. The normalized spacial score (nSPS) is 12.5. The lowest BCUT2D eigenvalue weighted by Crippen LogP contribution is -2.44. The molecular formula is C41H46N4O6. The minimum absolute atomic E-state index is 0.107. The first kappa shape index (κ1) is 36.6.